The van der Waals surface area contributed by atoms with Gasteiger partial charge in [-0.3, -0.25) is 0 Å². The molecule has 39 heavy (non-hydrogen) atoms. The van der Waals surface area contributed by atoms with Crippen molar-refractivity contribution < 1.29 is 4.42 Å². The van der Waals surface area contributed by atoms with Gasteiger partial charge in [0.15, 0.2) is 0 Å². The summed E-state index contributed by atoms with van der Waals surface area (Å²) >= 11 is 1.85. The monoisotopic (exact) mass is 517 g/mol. The summed E-state index contributed by atoms with van der Waals surface area (Å²) in [5, 5.41) is 4.86. The summed E-state index contributed by atoms with van der Waals surface area (Å²) in [5.41, 5.74) is 7.56. The molecule has 0 bridgehead atoms. The molecule has 0 radical (unpaired) electrons. The van der Waals surface area contributed by atoms with Crippen molar-refractivity contribution in [1.29, 1.82) is 0 Å². The van der Waals surface area contributed by atoms with Gasteiger partial charge in [-0.05, 0) is 53.6 Å². The number of thiophene rings is 1. The van der Waals surface area contributed by atoms with Crippen LogP contribution >= 0.6 is 11.3 Å². The molecule has 184 valence electrons. The van der Waals surface area contributed by atoms with Gasteiger partial charge in [0, 0.05) is 43.7 Å². The normalized spacial score (nSPS) is 11.6. The first-order chi connectivity index (χ1) is 19.3. The number of hydrogen-bond acceptors (Lipinski definition) is 3. The van der Waals surface area contributed by atoms with Gasteiger partial charge in [0.25, 0.3) is 0 Å². The van der Waals surface area contributed by atoms with Crippen LogP contribution in [0.2, 0.25) is 0 Å². The zero-order valence-corrected chi connectivity index (χ0v) is 21.9. The van der Waals surface area contributed by atoms with E-state index in [4.69, 9.17) is 4.42 Å². The van der Waals surface area contributed by atoms with Crippen molar-refractivity contribution in [2.45, 2.75) is 0 Å². The first-order valence-electron chi connectivity index (χ1n) is 13.1. The molecule has 0 fully saturated rings. The van der Waals surface area contributed by atoms with Crippen molar-refractivity contribution in [2.75, 3.05) is 4.90 Å². The molecule has 0 aliphatic heterocycles. The van der Waals surface area contributed by atoms with Crippen LogP contribution in [0.4, 0.5) is 17.1 Å². The third kappa shape index (κ3) is 3.63. The molecule has 0 aliphatic rings. The second kappa shape index (κ2) is 8.87. The van der Waals surface area contributed by atoms with Gasteiger partial charge in [0.2, 0.25) is 0 Å². The maximum atomic E-state index is 6.30. The largest absolute Gasteiger partial charge is 0.456 e. The smallest absolute Gasteiger partial charge is 0.137 e. The molecule has 0 aliphatic carbocycles. The lowest BCUT2D eigenvalue weighted by Gasteiger charge is -2.26. The maximum absolute atomic E-state index is 6.30. The maximum Gasteiger partial charge on any atom is 0.137 e. The van der Waals surface area contributed by atoms with E-state index >= 15 is 0 Å². The average molecular weight is 518 g/mol. The summed E-state index contributed by atoms with van der Waals surface area (Å²) in [4.78, 5) is 2.36. The van der Waals surface area contributed by atoms with E-state index in [1.54, 1.807) is 0 Å². The fourth-order valence-corrected chi connectivity index (χ4v) is 6.83. The Bertz CT molecular complexity index is 2120. The van der Waals surface area contributed by atoms with Gasteiger partial charge < -0.3 is 9.32 Å². The van der Waals surface area contributed by atoms with Gasteiger partial charge in [-0.2, -0.15) is 0 Å². The molecule has 6 aromatic carbocycles. The summed E-state index contributed by atoms with van der Waals surface area (Å²) in [6.45, 7) is 0. The minimum atomic E-state index is 0.892. The summed E-state index contributed by atoms with van der Waals surface area (Å²) in [7, 11) is 0. The molecule has 0 unspecified atom stereocenters. The third-order valence-electron chi connectivity index (χ3n) is 7.48. The Morgan fingerprint density at radius 1 is 0.462 bits per heavy atom. The van der Waals surface area contributed by atoms with E-state index in [-0.39, 0.29) is 0 Å². The highest BCUT2D eigenvalue weighted by atomic mass is 32.1. The van der Waals surface area contributed by atoms with Crippen molar-refractivity contribution in [1.82, 2.24) is 0 Å². The van der Waals surface area contributed by atoms with Crippen molar-refractivity contribution in [3.63, 3.8) is 0 Å². The lowest BCUT2D eigenvalue weighted by molar-refractivity contribution is 0.669. The van der Waals surface area contributed by atoms with Crippen molar-refractivity contribution >= 4 is 70.5 Å². The van der Waals surface area contributed by atoms with E-state index < -0.39 is 0 Å². The summed E-state index contributed by atoms with van der Waals surface area (Å²) in [6.07, 6.45) is 0. The number of hydrogen-bond donors (Lipinski definition) is 0. The number of benzene rings is 6. The van der Waals surface area contributed by atoms with E-state index in [1.807, 2.05) is 23.5 Å². The van der Waals surface area contributed by atoms with Crippen LogP contribution in [0.3, 0.4) is 0 Å². The first kappa shape index (κ1) is 22.2. The molecular formula is C36H23NOS. The molecule has 0 atom stereocenters. The minimum absolute atomic E-state index is 0.892. The van der Waals surface area contributed by atoms with Crippen LogP contribution in [0, 0.1) is 0 Å². The van der Waals surface area contributed by atoms with Gasteiger partial charge in [0.05, 0.1) is 10.4 Å². The van der Waals surface area contributed by atoms with Crippen LogP contribution in [0.25, 0.3) is 53.2 Å². The Balaban J connectivity index is 1.35. The Hall–Kier alpha value is -4.86. The number of rotatable bonds is 4. The van der Waals surface area contributed by atoms with Gasteiger partial charge in [-0.25, -0.2) is 0 Å². The molecular weight excluding hydrogens is 494 g/mol. The number of fused-ring (bicyclic) bond motifs is 6. The topological polar surface area (TPSA) is 16.4 Å². The highest BCUT2D eigenvalue weighted by Gasteiger charge is 2.19. The Labute approximate surface area is 230 Å². The molecule has 0 amide bonds. The minimum Gasteiger partial charge on any atom is -0.456 e. The second-order valence-corrected chi connectivity index (χ2v) is 10.8. The van der Waals surface area contributed by atoms with Crippen LogP contribution in [0.1, 0.15) is 0 Å². The van der Waals surface area contributed by atoms with Gasteiger partial charge >= 0.3 is 0 Å². The standard InChI is InChI=1S/C36H23NOS/c1-2-9-24(10-3-1)25-17-19-26(20-18-25)37(27-21-22-29-28-11-4-6-15-33(28)38-34(29)23-27)32-14-8-13-31-30-12-5-7-16-35(30)39-36(31)32/h1-23H. The Morgan fingerprint density at radius 3 is 2.00 bits per heavy atom. The number of furan rings is 1. The average Bonchev–Trinajstić information content (AvgIpc) is 3.57. The molecule has 0 saturated heterocycles. The molecule has 3 heteroatoms. The van der Waals surface area contributed by atoms with Crippen LogP contribution in [-0.2, 0) is 0 Å². The Kier molecular flexibility index (Phi) is 5.04. The highest BCUT2D eigenvalue weighted by molar-refractivity contribution is 7.26. The predicted octanol–water partition coefficient (Wildman–Crippen LogP) is 11.1. The number of anilines is 3. The lowest BCUT2D eigenvalue weighted by atomic mass is 10.0. The van der Waals surface area contributed by atoms with Gasteiger partial charge in [-0.15, -0.1) is 11.3 Å². The molecule has 0 spiro atoms. The van der Waals surface area contributed by atoms with Gasteiger partial charge in [0.1, 0.15) is 11.2 Å². The van der Waals surface area contributed by atoms with Gasteiger partial charge in [-0.1, -0.05) is 91.0 Å². The van der Waals surface area contributed by atoms with E-state index in [1.165, 1.54) is 31.3 Å². The van der Waals surface area contributed by atoms with Crippen LogP contribution in [-0.4, -0.2) is 0 Å². The fraction of sp³-hybridized carbons (Fsp3) is 0. The predicted molar refractivity (Wildman–Crippen MR) is 167 cm³/mol. The Morgan fingerprint density at radius 2 is 1.13 bits per heavy atom. The lowest BCUT2D eigenvalue weighted by Crippen LogP contribution is -2.10. The molecule has 2 heterocycles. The first-order valence-corrected chi connectivity index (χ1v) is 13.9. The second-order valence-electron chi connectivity index (χ2n) is 9.78. The van der Waals surface area contributed by atoms with Crippen molar-refractivity contribution in [3.8, 4) is 11.1 Å². The van der Waals surface area contributed by atoms with Crippen molar-refractivity contribution in [2.24, 2.45) is 0 Å². The summed E-state index contributed by atoms with van der Waals surface area (Å²) in [5.74, 6) is 0. The third-order valence-corrected chi connectivity index (χ3v) is 8.69. The van der Waals surface area contributed by atoms with E-state index in [9.17, 15) is 0 Å². The zero-order chi connectivity index (χ0) is 25.8. The summed E-state index contributed by atoms with van der Waals surface area (Å²) in [6, 6.07) is 49.5. The zero-order valence-electron chi connectivity index (χ0n) is 21.0. The number of para-hydroxylation sites is 1. The molecule has 0 saturated carbocycles. The quantitative estimate of drug-likeness (QED) is 0.231. The molecule has 8 aromatic rings. The van der Waals surface area contributed by atoms with Crippen molar-refractivity contribution in [3.05, 3.63) is 140 Å². The molecule has 2 aromatic heterocycles. The van der Waals surface area contributed by atoms with E-state index in [0.717, 1.165) is 39.0 Å². The SMILES string of the molecule is c1ccc(-c2ccc(N(c3ccc4c(c3)oc3ccccc34)c3cccc4c3sc3ccccc34)cc2)cc1. The molecule has 8 rings (SSSR count). The highest BCUT2D eigenvalue weighted by Crippen LogP contribution is 2.45. The van der Waals surface area contributed by atoms with E-state index in [0.29, 0.717) is 0 Å². The van der Waals surface area contributed by atoms with E-state index in [2.05, 4.69) is 132 Å². The molecule has 2 nitrogen and oxygen atoms in total. The summed E-state index contributed by atoms with van der Waals surface area (Å²) < 4.78 is 8.88. The van der Waals surface area contributed by atoms with Crippen LogP contribution in [0.5, 0.6) is 0 Å². The fourth-order valence-electron chi connectivity index (χ4n) is 5.62. The molecule has 0 N–H and O–H groups in total. The number of nitrogens with zero attached hydrogens (tertiary/aromatic N) is 1. The van der Waals surface area contributed by atoms with Crippen LogP contribution in [0.15, 0.2) is 144 Å². The van der Waals surface area contributed by atoms with Crippen LogP contribution < -0.4 is 4.90 Å².